The summed E-state index contributed by atoms with van der Waals surface area (Å²) in [5.41, 5.74) is 2.06. The van der Waals surface area contributed by atoms with Crippen LogP contribution in [-0.2, 0) is 11.2 Å². The molecule has 1 heterocycles. The van der Waals surface area contributed by atoms with Crippen molar-refractivity contribution < 1.29 is 19.5 Å². The number of hydrogen-bond acceptors (Lipinski definition) is 3. The number of rotatable bonds is 5. The summed E-state index contributed by atoms with van der Waals surface area (Å²) in [5.74, 6) is -1.26. The van der Waals surface area contributed by atoms with Gasteiger partial charge in [0.1, 0.15) is 0 Å². The second-order valence-electron chi connectivity index (χ2n) is 7.14. The van der Waals surface area contributed by atoms with Crippen LogP contribution in [0.1, 0.15) is 41.6 Å². The summed E-state index contributed by atoms with van der Waals surface area (Å²) in [5, 5.41) is 14.7. The van der Waals surface area contributed by atoms with Crippen LogP contribution in [0.5, 0.6) is 0 Å². The first kappa shape index (κ1) is 20.4. The van der Waals surface area contributed by atoms with E-state index in [1.807, 2.05) is 4.90 Å². The quantitative estimate of drug-likeness (QED) is 0.713. The maximum Gasteiger partial charge on any atom is 0.335 e. The second kappa shape index (κ2) is 9.73. The van der Waals surface area contributed by atoms with Gasteiger partial charge in [0.15, 0.2) is 0 Å². The van der Waals surface area contributed by atoms with Crippen LogP contribution in [-0.4, -0.2) is 41.0 Å². The van der Waals surface area contributed by atoms with Crippen LogP contribution in [0.4, 0.5) is 16.2 Å². The average Bonchev–Trinajstić information content (AvgIpc) is 2.99. The first-order valence-corrected chi connectivity index (χ1v) is 9.79. The Kier molecular flexibility index (Phi) is 6.84. The molecule has 29 heavy (non-hydrogen) atoms. The van der Waals surface area contributed by atoms with Crippen molar-refractivity contribution in [2.45, 2.75) is 32.1 Å². The molecule has 1 fully saturated rings. The fourth-order valence-corrected chi connectivity index (χ4v) is 3.32. The van der Waals surface area contributed by atoms with Gasteiger partial charge in [0, 0.05) is 24.5 Å². The standard InChI is InChI=1S/C22H25N3O4/c26-20(15-16-6-5-7-17(14-16)21(27)28)23-18-8-10-19(11-9-18)24-22(29)25-12-3-1-2-4-13-25/h5-11,14H,1-4,12-13,15H2,(H,23,26)(H,24,29)(H,27,28). The van der Waals surface area contributed by atoms with Gasteiger partial charge in [-0.1, -0.05) is 25.0 Å². The van der Waals surface area contributed by atoms with E-state index >= 15 is 0 Å². The molecule has 3 N–H and O–H groups in total. The van der Waals surface area contributed by atoms with E-state index in [1.54, 1.807) is 36.4 Å². The molecule has 0 aromatic heterocycles. The van der Waals surface area contributed by atoms with Crippen LogP contribution < -0.4 is 10.6 Å². The molecule has 1 aliphatic rings. The molecule has 152 valence electrons. The summed E-state index contributed by atoms with van der Waals surface area (Å²) in [6.45, 7) is 1.56. The Balaban J connectivity index is 1.53. The second-order valence-corrected chi connectivity index (χ2v) is 7.14. The van der Waals surface area contributed by atoms with Crippen LogP contribution in [0.2, 0.25) is 0 Å². The Morgan fingerprint density at radius 2 is 1.48 bits per heavy atom. The van der Waals surface area contributed by atoms with Crippen molar-refractivity contribution >= 4 is 29.3 Å². The van der Waals surface area contributed by atoms with Crippen molar-refractivity contribution in [3.05, 3.63) is 59.7 Å². The van der Waals surface area contributed by atoms with Gasteiger partial charge in [0.05, 0.1) is 12.0 Å². The predicted octanol–water partition coefficient (Wildman–Crippen LogP) is 3.97. The average molecular weight is 395 g/mol. The molecular formula is C22H25N3O4. The number of anilines is 2. The summed E-state index contributed by atoms with van der Waals surface area (Å²) >= 11 is 0. The zero-order valence-electron chi connectivity index (χ0n) is 16.2. The number of benzene rings is 2. The summed E-state index contributed by atoms with van der Waals surface area (Å²) in [6, 6.07) is 13.2. The summed E-state index contributed by atoms with van der Waals surface area (Å²) in [6.07, 6.45) is 4.48. The molecule has 0 saturated carbocycles. The normalized spacial score (nSPS) is 14.0. The molecule has 1 aliphatic heterocycles. The smallest absolute Gasteiger partial charge is 0.335 e. The molecule has 0 spiro atoms. The van der Waals surface area contributed by atoms with Gasteiger partial charge in [0.2, 0.25) is 5.91 Å². The lowest BCUT2D eigenvalue weighted by Crippen LogP contribution is -2.35. The van der Waals surface area contributed by atoms with E-state index in [0.717, 1.165) is 25.9 Å². The number of hydrogen-bond donors (Lipinski definition) is 3. The van der Waals surface area contributed by atoms with Gasteiger partial charge in [-0.25, -0.2) is 9.59 Å². The minimum atomic E-state index is -1.02. The molecule has 0 unspecified atom stereocenters. The van der Waals surface area contributed by atoms with Crippen LogP contribution in [0.15, 0.2) is 48.5 Å². The number of urea groups is 1. The van der Waals surface area contributed by atoms with Crippen molar-refractivity contribution in [1.82, 2.24) is 4.90 Å². The molecule has 3 amide bonds. The van der Waals surface area contributed by atoms with E-state index in [1.165, 1.54) is 25.0 Å². The maximum absolute atomic E-state index is 12.4. The first-order valence-electron chi connectivity index (χ1n) is 9.79. The molecule has 2 aromatic rings. The molecule has 3 rings (SSSR count). The Labute approximate surface area is 169 Å². The van der Waals surface area contributed by atoms with Crippen molar-refractivity contribution in [2.24, 2.45) is 0 Å². The highest BCUT2D eigenvalue weighted by atomic mass is 16.4. The fourth-order valence-electron chi connectivity index (χ4n) is 3.32. The zero-order chi connectivity index (χ0) is 20.6. The number of likely N-dealkylation sites (tertiary alicyclic amines) is 1. The van der Waals surface area contributed by atoms with Crippen LogP contribution in [0, 0.1) is 0 Å². The highest BCUT2D eigenvalue weighted by Crippen LogP contribution is 2.16. The number of aromatic carboxylic acids is 1. The van der Waals surface area contributed by atoms with Gasteiger partial charge in [-0.2, -0.15) is 0 Å². The van der Waals surface area contributed by atoms with Crippen LogP contribution in [0.25, 0.3) is 0 Å². The third kappa shape index (κ3) is 6.07. The lowest BCUT2D eigenvalue weighted by Gasteiger charge is -2.20. The van der Waals surface area contributed by atoms with Gasteiger partial charge in [-0.05, 0) is 54.8 Å². The van der Waals surface area contributed by atoms with E-state index in [4.69, 9.17) is 5.11 Å². The number of carbonyl (C=O) groups is 3. The SMILES string of the molecule is O=C(Cc1cccc(C(=O)O)c1)Nc1ccc(NC(=O)N2CCCCCC2)cc1. The minimum Gasteiger partial charge on any atom is -0.478 e. The molecule has 0 atom stereocenters. The number of carboxylic acid groups (broad SMARTS) is 1. The van der Waals surface area contributed by atoms with Gasteiger partial charge >= 0.3 is 12.0 Å². The first-order chi connectivity index (χ1) is 14.0. The van der Waals surface area contributed by atoms with Crippen molar-refractivity contribution in [3.8, 4) is 0 Å². The Hall–Kier alpha value is -3.35. The van der Waals surface area contributed by atoms with E-state index in [9.17, 15) is 14.4 Å². The Morgan fingerprint density at radius 3 is 2.10 bits per heavy atom. The topological polar surface area (TPSA) is 98.7 Å². The highest BCUT2D eigenvalue weighted by molar-refractivity contribution is 5.94. The molecule has 0 aliphatic carbocycles. The lowest BCUT2D eigenvalue weighted by atomic mass is 10.1. The zero-order valence-corrected chi connectivity index (χ0v) is 16.2. The van der Waals surface area contributed by atoms with Crippen LogP contribution >= 0.6 is 0 Å². The molecule has 0 bridgehead atoms. The molecule has 1 saturated heterocycles. The van der Waals surface area contributed by atoms with Crippen molar-refractivity contribution in [3.63, 3.8) is 0 Å². The third-order valence-corrected chi connectivity index (χ3v) is 4.85. The Bertz CT molecular complexity index is 872. The Morgan fingerprint density at radius 1 is 0.862 bits per heavy atom. The monoisotopic (exact) mass is 395 g/mol. The molecule has 2 aromatic carbocycles. The molecule has 7 heteroatoms. The van der Waals surface area contributed by atoms with Gasteiger partial charge in [-0.3, -0.25) is 4.79 Å². The van der Waals surface area contributed by atoms with Crippen molar-refractivity contribution in [1.29, 1.82) is 0 Å². The lowest BCUT2D eigenvalue weighted by molar-refractivity contribution is -0.115. The van der Waals surface area contributed by atoms with E-state index < -0.39 is 5.97 Å². The largest absolute Gasteiger partial charge is 0.478 e. The highest BCUT2D eigenvalue weighted by Gasteiger charge is 2.15. The minimum absolute atomic E-state index is 0.0779. The summed E-state index contributed by atoms with van der Waals surface area (Å²) < 4.78 is 0. The predicted molar refractivity (Wildman–Crippen MR) is 111 cm³/mol. The van der Waals surface area contributed by atoms with E-state index in [-0.39, 0.29) is 23.9 Å². The molecular weight excluding hydrogens is 370 g/mol. The van der Waals surface area contributed by atoms with Gasteiger partial charge in [-0.15, -0.1) is 0 Å². The van der Waals surface area contributed by atoms with Gasteiger partial charge in [0.25, 0.3) is 0 Å². The van der Waals surface area contributed by atoms with E-state index in [0.29, 0.717) is 16.9 Å². The number of carboxylic acids is 1. The number of amides is 3. The third-order valence-electron chi connectivity index (χ3n) is 4.85. The van der Waals surface area contributed by atoms with Crippen LogP contribution in [0.3, 0.4) is 0 Å². The fraction of sp³-hybridized carbons (Fsp3) is 0.318. The molecule has 7 nitrogen and oxygen atoms in total. The number of nitrogens with zero attached hydrogens (tertiary/aromatic N) is 1. The number of carbonyl (C=O) groups excluding carboxylic acids is 2. The summed E-state index contributed by atoms with van der Waals surface area (Å²) in [4.78, 5) is 37.5. The molecule has 0 radical (unpaired) electrons. The van der Waals surface area contributed by atoms with Crippen molar-refractivity contribution in [2.75, 3.05) is 23.7 Å². The maximum atomic E-state index is 12.4. The number of nitrogens with one attached hydrogen (secondary N) is 2. The summed E-state index contributed by atoms with van der Waals surface area (Å²) in [7, 11) is 0. The van der Waals surface area contributed by atoms with E-state index in [2.05, 4.69) is 10.6 Å². The van der Waals surface area contributed by atoms with Gasteiger partial charge < -0.3 is 20.6 Å².